The molecule has 1 fully saturated rings. The lowest BCUT2D eigenvalue weighted by molar-refractivity contribution is 0.0964. The van der Waals surface area contributed by atoms with Gasteiger partial charge < -0.3 is 10.0 Å². The van der Waals surface area contributed by atoms with Crippen LogP contribution >= 0.6 is 11.6 Å². The molecule has 0 aliphatic carbocycles. The van der Waals surface area contributed by atoms with Crippen LogP contribution in [-0.2, 0) is 0 Å². The lowest BCUT2D eigenvalue weighted by Gasteiger charge is -2.21. The summed E-state index contributed by atoms with van der Waals surface area (Å²) in [5.74, 6) is -0.782. The molecule has 0 saturated carbocycles. The maximum absolute atomic E-state index is 13.7. The molecular formula is C10H13ClFN3O2. The van der Waals surface area contributed by atoms with Crippen molar-refractivity contribution in [2.45, 2.75) is 20.0 Å². The highest BCUT2D eigenvalue weighted by atomic mass is 35.5. The largest absolute Gasteiger partial charge is 0.391 e. The number of anilines is 1. The molecule has 0 unspecified atom stereocenters. The zero-order chi connectivity index (χ0) is 12.8. The molecule has 2 N–H and O–H groups in total. The maximum atomic E-state index is 13.7. The zero-order valence-corrected chi connectivity index (χ0v) is 10.3. The van der Waals surface area contributed by atoms with Gasteiger partial charge in [-0.25, -0.2) is 4.79 Å². The molecule has 5 nitrogen and oxygen atoms in total. The molecule has 0 amide bonds. The van der Waals surface area contributed by atoms with Crippen LogP contribution in [0, 0.1) is 11.2 Å². The lowest BCUT2D eigenvalue weighted by Crippen LogP contribution is -2.28. The van der Waals surface area contributed by atoms with Crippen LogP contribution < -0.4 is 10.6 Å². The highest BCUT2D eigenvalue weighted by molar-refractivity contribution is 6.29. The van der Waals surface area contributed by atoms with Crippen molar-refractivity contribution in [3.05, 3.63) is 21.5 Å². The monoisotopic (exact) mass is 261 g/mol. The van der Waals surface area contributed by atoms with E-state index in [2.05, 4.69) is 9.97 Å². The van der Waals surface area contributed by atoms with E-state index >= 15 is 0 Å². The fourth-order valence-corrected chi connectivity index (χ4v) is 2.09. The molecule has 1 atom stereocenters. The first-order chi connectivity index (χ1) is 7.81. The SMILES string of the molecule is CC1(C)CN(c2[nH]c(=O)nc(Cl)c2F)C[C@H]1O. The molecule has 7 heteroatoms. The van der Waals surface area contributed by atoms with Gasteiger partial charge in [-0.2, -0.15) is 9.37 Å². The van der Waals surface area contributed by atoms with Crippen molar-refractivity contribution >= 4 is 17.4 Å². The highest BCUT2D eigenvalue weighted by Gasteiger charge is 2.39. The number of aliphatic hydroxyl groups excluding tert-OH is 1. The Hall–Kier alpha value is -1.14. The Balaban J connectivity index is 2.40. The van der Waals surface area contributed by atoms with Gasteiger partial charge in [-0.3, -0.25) is 4.98 Å². The summed E-state index contributed by atoms with van der Waals surface area (Å²) in [4.78, 5) is 18.3. The van der Waals surface area contributed by atoms with E-state index < -0.39 is 22.8 Å². The lowest BCUT2D eigenvalue weighted by atomic mass is 9.90. The maximum Gasteiger partial charge on any atom is 0.348 e. The van der Waals surface area contributed by atoms with Gasteiger partial charge in [-0.1, -0.05) is 25.4 Å². The first-order valence-corrected chi connectivity index (χ1v) is 5.57. The van der Waals surface area contributed by atoms with E-state index in [1.54, 1.807) is 4.90 Å². The summed E-state index contributed by atoms with van der Waals surface area (Å²) in [7, 11) is 0. The summed E-state index contributed by atoms with van der Waals surface area (Å²) in [6.07, 6.45) is -0.586. The number of rotatable bonds is 1. The zero-order valence-electron chi connectivity index (χ0n) is 9.50. The number of halogens is 2. The highest BCUT2D eigenvalue weighted by Crippen LogP contribution is 2.33. The predicted octanol–water partition coefficient (Wildman–Crippen LogP) is 0.769. The van der Waals surface area contributed by atoms with E-state index in [-0.39, 0.29) is 17.8 Å². The summed E-state index contributed by atoms with van der Waals surface area (Å²) < 4.78 is 13.7. The van der Waals surface area contributed by atoms with Crippen LogP contribution in [-0.4, -0.2) is 34.3 Å². The van der Waals surface area contributed by atoms with E-state index in [0.717, 1.165) is 0 Å². The first kappa shape index (κ1) is 12.3. The summed E-state index contributed by atoms with van der Waals surface area (Å²) in [6, 6.07) is 0. The summed E-state index contributed by atoms with van der Waals surface area (Å²) in [6.45, 7) is 4.43. The average Bonchev–Trinajstić information content (AvgIpc) is 2.47. The molecule has 1 aliphatic heterocycles. The van der Waals surface area contributed by atoms with Crippen LogP contribution in [0.2, 0.25) is 5.15 Å². The molecule has 0 aromatic carbocycles. The molecule has 2 heterocycles. The van der Waals surface area contributed by atoms with Gasteiger partial charge in [0.1, 0.15) is 5.82 Å². The molecule has 1 aliphatic rings. The third kappa shape index (κ3) is 2.14. The van der Waals surface area contributed by atoms with Crippen LogP contribution in [0.5, 0.6) is 0 Å². The number of hydrogen-bond donors (Lipinski definition) is 2. The van der Waals surface area contributed by atoms with Gasteiger partial charge in [0.2, 0.25) is 5.82 Å². The van der Waals surface area contributed by atoms with Gasteiger partial charge >= 0.3 is 5.69 Å². The Morgan fingerprint density at radius 3 is 2.82 bits per heavy atom. The van der Waals surface area contributed by atoms with Gasteiger partial charge in [0, 0.05) is 18.5 Å². The molecule has 0 spiro atoms. The summed E-state index contributed by atoms with van der Waals surface area (Å²) >= 11 is 5.51. The van der Waals surface area contributed by atoms with Gasteiger partial charge in [0.05, 0.1) is 6.10 Å². The molecular weight excluding hydrogens is 249 g/mol. The van der Waals surface area contributed by atoms with E-state index in [4.69, 9.17) is 11.6 Å². The minimum absolute atomic E-state index is 0.0142. The standard InChI is InChI=1S/C10H13ClFN3O2/c1-10(2)4-15(3-5(10)16)8-6(12)7(11)13-9(17)14-8/h5,16H,3-4H2,1-2H3,(H,13,14,17)/t5-/m1/s1. The Labute approximate surface area is 102 Å². The average molecular weight is 262 g/mol. The van der Waals surface area contributed by atoms with Crippen molar-refractivity contribution < 1.29 is 9.50 Å². The fraction of sp³-hybridized carbons (Fsp3) is 0.600. The molecule has 0 radical (unpaired) electrons. The number of β-amino-alcohol motifs (C(OH)–C–C–N with tert-alkyl or cyclic N) is 1. The van der Waals surface area contributed by atoms with E-state index in [0.29, 0.717) is 6.54 Å². The van der Waals surface area contributed by atoms with Crippen molar-refractivity contribution in [2.75, 3.05) is 18.0 Å². The molecule has 1 aromatic heterocycles. The third-order valence-electron chi connectivity index (χ3n) is 3.02. The number of aromatic amines is 1. The van der Waals surface area contributed by atoms with Gasteiger partial charge in [-0.15, -0.1) is 0 Å². The number of nitrogens with zero attached hydrogens (tertiary/aromatic N) is 2. The van der Waals surface area contributed by atoms with Crippen molar-refractivity contribution in [2.24, 2.45) is 5.41 Å². The van der Waals surface area contributed by atoms with Crippen LogP contribution in [0.4, 0.5) is 10.2 Å². The Bertz CT molecular complexity index is 503. The Morgan fingerprint density at radius 2 is 2.29 bits per heavy atom. The predicted molar refractivity (Wildman–Crippen MR) is 61.8 cm³/mol. The number of aromatic nitrogens is 2. The van der Waals surface area contributed by atoms with Crippen LogP contribution in [0.3, 0.4) is 0 Å². The number of H-pyrrole nitrogens is 1. The van der Waals surface area contributed by atoms with Crippen molar-refractivity contribution in [3.8, 4) is 0 Å². The van der Waals surface area contributed by atoms with Gasteiger partial charge in [-0.05, 0) is 0 Å². The molecule has 1 saturated heterocycles. The van der Waals surface area contributed by atoms with E-state index in [1.807, 2.05) is 13.8 Å². The summed E-state index contributed by atoms with van der Waals surface area (Å²) in [5, 5.41) is 9.36. The quantitative estimate of drug-likeness (QED) is 0.733. The fourth-order valence-electron chi connectivity index (χ4n) is 1.93. The number of aliphatic hydroxyl groups is 1. The minimum atomic E-state index is -0.767. The second-order valence-corrected chi connectivity index (χ2v) is 5.24. The topological polar surface area (TPSA) is 69.2 Å². The number of nitrogens with one attached hydrogen (secondary N) is 1. The van der Waals surface area contributed by atoms with E-state index in [9.17, 15) is 14.3 Å². The molecule has 2 rings (SSSR count). The second kappa shape index (κ2) is 3.96. The minimum Gasteiger partial charge on any atom is -0.391 e. The molecule has 17 heavy (non-hydrogen) atoms. The van der Waals surface area contributed by atoms with Crippen LogP contribution in [0.1, 0.15) is 13.8 Å². The normalized spacial score (nSPS) is 23.1. The van der Waals surface area contributed by atoms with E-state index in [1.165, 1.54) is 0 Å². The summed E-state index contributed by atoms with van der Waals surface area (Å²) in [5.41, 5.74) is -1.07. The molecule has 94 valence electrons. The smallest absolute Gasteiger partial charge is 0.348 e. The molecule has 1 aromatic rings. The van der Waals surface area contributed by atoms with Crippen molar-refractivity contribution in [1.29, 1.82) is 0 Å². The van der Waals surface area contributed by atoms with Crippen molar-refractivity contribution in [3.63, 3.8) is 0 Å². The second-order valence-electron chi connectivity index (χ2n) is 4.88. The Morgan fingerprint density at radius 1 is 1.65 bits per heavy atom. The van der Waals surface area contributed by atoms with Crippen molar-refractivity contribution in [1.82, 2.24) is 9.97 Å². The first-order valence-electron chi connectivity index (χ1n) is 5.19. The third-order valence-corrected chi connectivity index (χ3v) is 3.27. The Kier molecular flexibility index (Phi) is 2.87. The van der Waals surface area contributed by atoms with Crippen LogP contribution in [0.25, 0.3) is 0 Å². The molecule has 0 bridgehead atoms. The van der Waals surface area contributed by atoms with Crippen LogP contribution in [0.15, 0.2) is 4.79 Å². The van der Waals surface area contributed by atoms with Gasteiger partial charge in [0.25, 0.3) is 0 Å². The van der Waals surface area contributed by atoms with Gasteiger partial charge in [0.15, 0.2) is 5.15 Å². The number of hydrogen-bond acceptors (Lipinski definition) is 4.